The predicted molar refractivity (Wildman–Crippen MR) is 96.1 cm³/mol. The van der Waals surface area contributed by atoms with Gasteiger partial charge < -0.3 is 15.3 Å². The number of aliphatic hydroxyl groups excluding tert-OH is 1. The number of rotatable bonds is 4. The molecule has 3 saturated heterocycles. The molecule has 126 valence electrons. The number of nitrogens with zero attached hydrogens (tertiary/aromatic N) is 1. The van der Waals surface area contributed by atoms with Crippen LogP contribution in [0.15, 0.2) is 36.4 Å². The van der Waals surface area contributed by atoms with E-state index in [4.69, 9.17) is 0 Å². The van der Waals surface area contributed by atoms with Gasteiger partial charge in [-0.3, -0.25) is 4.79 Å². The lowest BCUT2D eigenvalue weighted by Gasteiger charge is -2.44. The average Bonchev–Trinajstić information content (AvgIpc) is 3.13. The van der Waals surface area contributed by atoms with Gasteiger partial charge in [-0.25, -0.2) is 0 Å². The first kappa shape index (κ1) is 15.8. The summed E-state index contributed by atoms with van der Waals surface area (Å²) in [5.41, 5.74) is 1.94. The Labute approximate surface area is 146 Å². The molecule has 1 aromatic carbocycles. The molecule has 0 radical (unpaired) electrons. The molecule has 0 saturated carbocycles. The Morgan fingerprint density at radius 2 is 2.08 bits per heavy atom. The SMILES string of the molecule is O=C(NC1CN2CCC1CC2)c1ccc(-c2cccc(CO)c2)s1. The molecule has 1 aromatic heterocycles. The topological polar surface area (TPSA) is 52.6 Å². The molecule has 4 heterocycles. The molecule has 2 aromatic rings. The molecule has 0 aliphatic carbocycles. The van der Waals surface area contributed by atoms with Gasteiger partial charge in [0.15, 0.2) is 0 Å². The summed E-state index contributed by atoms with van der Waals surface area (Å²) < 4.78 is 0. The third-order valence-corrected chi connectivity index (χ3v) is 6.33. The molecule has 1 unspecified atom stereocenters. The lowest BCUT2D eigenvalue weighted by Crippen LogP contribution is -2.57. The molecule has 24 heavy (non-hydrogen) atoms. The number of carbonyl (C=O) groups excluding carboxylic acids is 1. The van der Waals surface area contributed by atoms with Crippen molar-refractivity contribution in [2.75, 3.05) is 19.6 Å². The lowest BCUT2D eigenvalue weighted by molar-refractivity contribution is 0.0622. The van der Waals surface area contributed by atoms with E-state index in [0.717, 1.165) is 27.4 Å². The Morgan fingerprint density at radius 3 is 2.79 bits per heavy atom. The minimum Gasteiger partial charge on any atom is -0.392 e. The van der Waals surface area contributed by atoms with E-state index < -0.39 is 0 Å². The number of piperidine rings is 3. The molecule has 5 heteroatoms. The van der Waals surface area contributed by atoms with E-state index >= 15 is 0 Å². The monoisotopic (exact) mass is 342 g/mol. The predicted octanol–water partition coefficient (Wildman–Crippen LogP) is 2.73. The van der Waals surface area contributed by atoms with Crippen LogP contribution in [0.3, 0.4) is 0 Å². The number of carbonyl (C=O) groups is 1. The first-order chi connectivity index (χ1) is 11.7. The van der Waals surface area contributed by atoms with Gasteiger partial charge in [0.1, 0.15) is 0 Å². The summed E-state index contributed by atoms with van der Waals surface area (Å²) in [6, 6.07) is 12.0. The van der Waals surface area contributed by atoms with Gasteiger partial charge >= 0.3 is 0 Å². The van der Waals surface area contributed by atoms with Crippen molar-refractivity contribution in [2.24, 2.45) is 5.92 Å². The van der Waals surface area contributed by atoms with Crippen molar-refractivity contribution >= 4 is 17.2 Å². The molecular weight excluding hydrogens is 320 g/mol. The summed E-state index contributed by atoms with van der Waals surface area (Å²) in [6.45, 7) is 3.39. The van der Waals surface area contributed by atoms with E-state index in [-0.39, 0.29) is 12.5 Å². The molecule has 3 fully saturated rings. The third-order valence-electron chi connectivity index (χ3n) is 5.20. The van der Waals surface area contributed by atoms with Crippen LogP contribution in [0.5, 0.6) is 0 Å². The van der Waals surface area contributed by atoms with E-state index in [1.54, 1.807) is 0 Å². The first-order valence-corrected chi connectivity index (χ1v) is 9.38. The standard InChI is InChI=1S/C19H22N2O2S/c22-12-13-2-1-3-15(10-13)17-4-5-18(24-17)19(23)20-16-11-21-8-6-14(16)7-9-21/h1-5,10,14,16,22H,6-9,11-12H2,(H,20,23). The fraction of sp³-hybridized carbons (Fsp3) is 0.421. The van der Waals surface area contributed by atoms with Crippen LogP contribution in [-0.2, 0) is 6.61 Å². The average molecular weight is 342 g/mol. The Balaban J connectivity index is 1.47. The maximum Gasteiger partial charge on any atom is 0.261 e. The van der Waals surface area contributed by atoms with Crippen LogP contribution in [0.1, 0.15) is 28.1 Å². The van der Waals surface area contributed by atoms with Crippen molar-refractivity contribution in [3.63, 3.8) is 0 Å². The third kappa shape index (κ3) is 3.11. The van der Waals surface area contributed by atoms with Crippen molar-refractivity contribution in [1.82, 2.24) is 10.2 Å². The molecule has 5 rings (SSSR count). The number of thiophene rings is 1. The van der Waals surface area contributed by atoms with Gasteiger partial charge in [0.25, 0.3) is 5.91 Å². The second-order valence-corrected chi connectivity index (χ2v) is 7.82. The van der Waals surface area contributed by atoms with Gasteiger partial charge in [-0.15, -0.1) is 11.3 Å². The molecule has 0 spiro atoms. The summed E-state index contributed by atoms with van der Waals surface area (Å²) in [6.07, 6.45) is 2.41. The van der Waals surface area contributed by atoms with E-state index in [9.17, 15) is 9.90 Å². The highest BCUT2D eigenvalue weighted by Crippen LogP contribution is 2.30. The van der Waals surface area contributed by atoms with Gasteiger partial charge in [0, 0.05) is 17.5 Å². The maximum absolute atomic E-state index is 12.6. The first-order valence-electron chi connectivity index (χ1n) is 8.56. The van der Waals surface area contributed by atoms with Gasteiger partial charge in [-0.1, -0.05) is 18.2 Å². The fourth-order valence-electron chi connectivity index (χ4n) is 3.81. The number of benzene rings is 1. The van der Waals surface area contributed by atoms with Crippen LogP contribution >= 0.6 is 11.3 Å². The van der Waals surface area contributed by atoms with Crippen molar-refractivity contribution < 1.29 is 9.90 Å². The van der Waals surface area contributed by atoms with Gasteiger partial charge in [0.05, 0.1) is 11.5 Å². The minimum atomic E-state index is 0.0339. The maximum atomic E-state index is 12.6. The summed E-state index contributed by atoms with van der Waals surface area (Å²) >= 11 is 1.51. The summed E-state index contributed by atoms with van der Waals surface area (Å²) in [5.74, 6) is 0.683. The number of amides is 1. The molecule has 3 aliphatic rings. The lowest BCUT2D eigenvalue weighted by atomic mass is 9.84. The quantitative estimate of drug-likeness (QED) is 0.898. The fourth-order valence-corrected chi connectivity index (χ4v) is 4.71. The molecule has 1 amide bonds. The molecule has 2 N–H and O–H groups in total. The van der Waals surface area contributed by atoms with Crippen molar-refractivity contribution in [1.29, 1.82) is 0 Å². The zero-order valence-corrected chi connectivity index (χ0v) is 14.4. The van der Waals surface area contributed by atoms with Crippen LogP contribution in [0.2, 0.25) is 0 Å². The summed E-state index contributed by atoms with van der Waals surface area (Å²) in [5, 5.41) is 12.5. The zero-order valence-electron chi connectivity index (χ0n) is 13.6. The Kier molecular flexibility index (Phi) is 4.39. The Bertz CT molecular complexity index is 734. The largest absolute Gasteiger partial charge is 0.392 e. The van der Waals surface area contributed by atoms with Crippen molar-refractivity contribution in [3.05, 3.63) is 46.8 Å². The van der Waals surface area contributed by atoms with Gasteiger partial charge in [-0.05, 0) is 61.2 Å². The zero-order chi connectivity index (χ0) is 16.5. The van der Waals surface area contributed by atoms with Gasteiger partial charge in [-0.2, -0.15) is 0 Å². The Hall–Kier alpha value is -1.69. The highest BCUT2D eigenvalue weighted by Gasteiger charge is 2.35. The number of hydrogen-bond donors (Lipinski definition) is 2. The van der Waals surface area contributed by atoms with Gasteiger partial charge in [0.2, 0.25) is 0 Å². The van der Waals surface area contributed by atoms with Crippen LogP contribution in [-0.4, -0.2) is 41.6 Å². The highest BCUT2D eigenvalue weighted by molar-refractivity contribution is 7.17. The molecule has 4 nitrogen and oxygen atoms in total. The molecule has 3 aliphatic heterocycles. The second-order valence-electron chi connectivity index (χ2n) is 6.74. The number of hydrogen-bond acceptors (Lipinski definition) is 4. The van der Waals surface area contributed by atoms with Crippen LogP contribution < -0.4 is 5.32 Å². The number of nitrogens with one attached hydrogen (secondary N) is 1. The van der Waals surface area contributed by atoms with Crippen molar-refractivity contribution in [3.8, 4) is 10.4 Å². The smallest absolute Gasteiger partial charge is 0.261 e. The summed E-state index contributed by atoms with van der Waals surface area (Å²) in [7, 11) is 0. The molecule has 2 bridgehead atoms. The van der Waals surface area contributed by atoms with Crippen LogP contribution in [0.25, 0.3) is 10.4 Å². The second kappa shape index (κ2) is 6.67. The van der Waals surface area contributed by atoms with Crippen LogP contribution in [0, 0.1) is 5.92 Å². The van der Waals surface area contributed by atoms with E-state index in [2.05, 4.69) is 10.2 Å². The highest BCUT2D eigenvalue weighted by atomic mass is 32.1. The Morgan fingerprint density at radius 1 is 1.25 bits per heavy atom. The number of aliphatic hydroxyl groups is 1. The molecule has 1 atom stereocenters. The van der Waals surface area contributed by atoms with E-state index in [1.165, 1.54) is 37.3 Å². The normalized spacial score (nSPS) is 25.6. The van der Waals surface area contributed by atoms with Crippen LogP contribution in [0.4, 0.5) is 0 Å². The number of fused-ring (bicyclic) bond motifs is 3. The van der Waals surface area contributed by atoms with Crippen molar-refractivity contribution in [2.45, 2.75) is 25.5 Å². The molecular formula is C19H22N2O2S. The minimum absolute atomic E-state index is 0.0339. The summed E-state index contributed by atoms with van der Waals surface area (Å²) in [4.78, 5) is 16.9. The van der Waals surface area contributed by atoms with E-state index in [0.29, 0.717) is 12.0 Å². The van der Waals surface area contributed by atoms with E-state index in [1.807, 2.05) is 36.4 Å².